The SMILES string of the molecule is O=c1cc(C(F)(F)F)nc(Nc2ccc(Oc3ccccc3)cc2)n1Cc1ccccc1. The minimum Gasteiger partial charge on any atom is -0.457 e. The van der Waals surface area contributed by atoms with E-state index in [0.717, 1.165) is 5.56 Å². The molecule has 0 fully saturated rings. The molecule has 0 saturated carbocycles. The first-order valence-corrected chi connectivity index (χ1v) is 9.71. The van der Waals surface area contributed by atoms with Gasteiger partial charge >= 0.3 is 6.18 Å². The summed E-state index contributed by atoms with van der Waals surface area (Å²) in [6, 6.07) is 25.2. The van der Waals surface area contributed by atoms with Gasteiger partial charge in [-0.3, -0.25) is 9.36 Å². The minimum atomic E-state index is -4.74. The van der Waals surface area contributed by atoms with E-state index in [1.807, 2.05) is 24.3 Å². The average molecular weight is 437 g/mol. The number of aromatic nitrogens is 2. The molecule has 0 radical (unpaired) electrons. The number of alkyl halides is 3. The van der Waals surface area contributed by atoms with E-state index >= 15 is 0 Å². The number of ether oxygens (including phenoxy) is 1. The van der Waals surface area contributed by atoms with E-state index in [1.54, 1.807) is 60.7 Å². The lowest BCUT2D eigenvalue weighted by Gasteiger charge is -2.16. The molecule has 0 aliphatic heterocycles. The van der Waals surface area contributed by atoms with Crippen LogP contribution in [0.5, 0.6) is 11.5 Å². The molecular weight excluding hydrogens is 419 g/mol. The van der Waals surface area contributed by atoms with Crippen LogP contribution in [0, 0.1) is 0 Å². The molecule has 4 aromatic rings. The molecule has 8 heteroatoms. The molecule has 5 nitrogen and oxygen atoms in total. The molecular formula is C24H18F3N3O2. The van der Waals surface area contributed by atoms with E-state index in [-0.39, 0.29) is 12.5 Å². The molecule has 32 heavy (non-hydrogen) atoms. The Morgan fingerprint density at radius 3 is 2.06 bits per heavy atom. The zero-order valence-electron chi connectivity index (χ0n) is 16.7. The van der Waals surface area contributed by atoms with Gasteiger partial charge in [0.25, 0.3) is 5.56 Å². The molecule has 0 saturated heterocycles. The summed E-state index contributed by atoms with van der Waals surface area (Å²) < 4.78 is 46.6. The van der Waals surface area contributed by atoms with E-state index in [9.17, 15) is 18.0 Å². The van der Waals surface area contributed by atoms with Gasteiger partial charge in [-0.25, -0.2) is 4.98 Å². The Labute approximate surface area is 181 Å². The van der Waals surface area contributed by atoms with E-state index in [4.69, 9.17) is 4.74 Å². The smallest absolute Gasteiger partial charge is 0.433 e. The average Bonchev–Trinajstić information content (AvgIpc) is 2.78. The highest BCUT2D eigenvalue weighted by Crippen LogP contribution is 2.29. The highest BCUT2D eigenvalue weighted by atomic mass is 19.4. The van der Waals surface area contributed by atoms with Crippen molar-refractivity contribution in [2.45, 2.75) is 12.7 Å². The second-order valence-electron chi connectivity index (χ2n) is 6.94. The summed E-state index contributed by atoms with van der Waals surface area (Å²) in [7, 11) is 0. The van der Waals surface area contributed by atoms with Crippen LogP contribution in [0.1, 0.15) is 11.3 Å². The minimum absolute atomic E-state index is 0.0718. The number of nitrogens with zero attached hydrogens (tertiary/aromatic N) is 2. The number of hydrogen-bond donors (Lipinski definition) is 1. The van der Waals surface area contributed by atoms with Crippen LogP contribution in [0.4, 0.5) is 24.8 Å². The Morgan fingerprint density at radius 1 is 0.844 bits per heavy atom. The molecule has 1 aromatic heterocycles. The van der Waals surface area contributed by atoms with Crippen LogP contribution in [-0.2, 0) is 12.7 Å². The van der Waals surface area contributed by atoms with Crippen molar-refractivity contribution < 1.29 is 17.9 Å². The number of anilines is 2. The molecule has 4 rings (SSSR count). The number of halogens is 3. The number of benzene rings is 3. The molecule has 3 aromatic carbocycles. The van der Waals surface area contributed by atoms with E-state index in [0.29, 0.717) is 23.3 Å². The summed E-state index contributed by atoms with van der Waals surface area (Å²) in [6.07, 6.45) is -4.74. The summed E-state index contributed by atoms with van der Waals surface area (Å²) in [6.45, 7) is 0.0718. The van der Waals surface area contributed by atoms with Gasteiger partial charge in [0.05, 0.1) is 6.54 Å². The molecule has 162 valence electrons. The van der Waals surface area contributed by atoms with Crippen LogP contribution in [0.2, 0.25) is 0 Å². The van der Waals surface area contributed by atoms with Crippen LogP contribution in [0.3, 0.4) is 0 Å². The van der Waals surface area contributed by atoms with Crippen molar-refractivity contribution in [3.05, 3.63) is 113 Å². The third kappa shape index (κ3) is 5.15. The number of para-hydroxylation sites is 1. The van der Waals surface area contributed by atoms with Gasteiger partial charge in [-0.2, -0.15) is 13.2 Å². The maximum atomic E-state index is 13.3. The first-order chi connectivity index (χ1) is 15.4. The Balaban J connectivity index is 1.63. The highest BCUT2D eigenvalue weighted by molar-refractivity contribution is 5.55. The Bertz CT molecular complexity index is 1240. The molecule has 0 unspecified atom stereocenters. The first kappa shape index (κ1) is 21.2. The van der Waals surface area contributed by atoms with Gasteiger partial charge in [0.15, 0.2) is 5.69 Å². The number of rotatable bonds is 6. The van der Waals surface area contributed by atoms with Gasteiger partial charge in [0, 0.05) is 11.8 Å². The van der Waals surface area contributed by atoms with Crippen LogP contribution in [0.25, 0.3) is 0 Å². The highest BCUT2D eigenvalue weighted by Gasteiger charge is 2.34. The van der Waals surface area contributed by atoms with Crippen molar-refractivity contribution in [1.29, 1.82) is 0 Å². The standard InChI is InChI=1S/C24H18F3N3O2/c25-24(26,27)21-15-22(31)30(16-17-7-3-1-4-8-17)23(29-21)28-18-11-13-20(14-12-18)32-19-9-5-2-6-10-19/h1-15H,16H2,(H,28,29). The van der Waals surface area contributed by atoms with Gasteiger partial charge in [-0.1, -0.05) is 48.5 Å². The van der Waals surface area contributed by atoms with Crippen LogP contribution in [-0.4, -0.2) is 9.55 Å². The third-order valence-corrected chi connectivity index (χ3v) is 4.57. The molecule has 0 bridgehead atoms. The summed E-state index contributed by atoms with van der Waals surface area (Å²) in [5.74, 6) is 1.01. The van der Waals surface area contributed by atoms with Crippen LogP contribution < -0.4 is 15.6 Å². The first-order valence-electron chi connectivity index (χ1n) is 9.71. The maximum Gasteiger partial charge on any atom is 0.433 e. The van der Waals surface area contributed by atoms with Gasteiger partial charge in [-0.15, -0.1) is 0 Å². The topological polar surface area (TPSA) is 56.1 Å². The summed E-state index contributed by atoms with van der Waals surface area (Å²) in [4.78, 5) is 16.2. The molecule has 0 amide bonds. The molecule has 0 aliphatic carbocycles. The van der Waals surface area contributed by atoms with Crippen molar-refractivity contribution in [2.75, 3.05) is 5.32 Å². The predicted molar refractivity (Wildman–Crippen MR) is 115 cm³/mol. The van der Waals surface area contributed by atoms with Crippen molar-refractivity contribution >= 4 is 11.6 Å². The fourth-order valence-corrected chi connectivity index (χ4v) is 3.03. The zero-order valence-corrected chi connectivity index (χ0v) is 16.7. The quantitative estimate of drug-likeness (QED) is 0.411. The van der Waals surface area contributed by atoms with Gasteiger partial charge < -0.3 is 10.1 Å². The van der Waals surface area contributed by atoms with Crippen molar-refractivity contribution in [3.8, 4) is 11.5 Å². The maximum absolute atomic E-state index is 13.3. The summed E-state index contributed by atoms with van der Waals surface area (Å²) in [5.41, 5.74) is -0.842. The number of hydrogen-bond acceptors (Lipinski definition) is 4. The lowest BCUT2D eigenvalue weighted by Crippen LogP contribution is -2.27. The largest absolute Gasteiger partial charge is 0.457 e. The summed E-state index contributed by atoms with van der Waals surface area (Å²) >= 11 is 0. The normalized spacial score (nSPS) is 11.2. The number of nitrogens with one attached hydrogen (secondary N) is 1. The molecule has 0 aliphatic rings. The second kappa shape index (κ2) is 8.97. The fraction of sp³-hybridized carbons (Fsp3) is 0.0833. The molecule has 0 atom stereocenters. The van der Waals surface area contributed by atoms with Gasteiger partial charge in [-0.05, 0) is 42.0 Å². The molecule has 1 heterocycles. The van der Waals surface area contributed by atoms with Gasteiger partial charge in [0.2, 0.25) is 5.95 Å². The van der Waals surface area contributed by atoms with E-state index in [2.05, 4.69) is 10.3 Å². The Morgan fingerprint density at radius 2 is 1.44 bits per heavy atom. The lowest BCUT2D eigenvalue weighted by atomic mass is 10.2. The van der Waals surface area contributed by atoms with Crippen molar-refractivity contribution in [3.63, 3.8) is 0 Å². The van der Waals surface area contributed by atoms with E-state index in [1.165, 1.54) is 4.57 Å². The van der Waals surface area contributed by atoms with Crippen LogP contribution >= 0.6 is 0 Å². The monoisotopic (exact) mass is 437 g/mol. The third-order valence-electron chi connectivity index (χ3n) is 4.57. The Kier molecular flexibility index (Phi) is 5.93. The molecule has 0 spiro atoms. The van der Waals surface area contributed by atoms with Crippen LogP contribution in [0.15, 0.2) is 95.8 Å². The van der Waals surface area contributed by atoms with E-state index < -0.39 is 17.4 Å². The summed E-state index contributed by atoms with van der Waals surface area (Å²) in [5, 5.41) is 2.83. The van der Waals surface area contributed by atoms with Gasteiger partial charge in [0.1, 0.15) is 11.5 Å². The second-order valence-corrected chi connectivity index (χ2v) is 6.94. The van der Waals surface area contributed by atoms with Crippen molar-refractivity contribution in [1.82, 2.24) is 9.55 Å². The van der Waals surface area contributed by atoms with Crippen molar-refractivity contribution in [2.24, 2.45) is 0 Å². The predicted octanol–water partition coefficient (Wildman–Crippen LogP) is 5.85. The Hall–Kier alpha value is -4.07. The fourth-order valence-electron chi connectivity index (χ4n) is 3.03. The zero-order chi connectivity index (χ0) is 22.6. The molecule has 1 N–H and O–H groups in total. The lowest BCUT2D eigenvalue weighted by molar-refractivity contribution is -0.141.